The zero-order chi connectivity index (χ0) is 29.2. The zero-order valence-electron chi connectivity index (χ0n) is 21.3. The number of benzene rings is 1. The molecule has 1 atom stereocenters. The van der Waals surface area contributed by atoms with Crippen molar-refractivity contribution >= 4 is 6.79 Å². The Kier molecular flexibility index (Phi) is 11.2. The predicted molar refractivity (Wildman–Crippen MR) is 135 cm³/mol. The van der Waals surface area contributed by atoms with Gasteiger partial charge in [0.15, 0.2) is 23.9 Å². The molecule has 0 spiro atoms. The van der Waals surface area contributed by atoms with Crippen LogP contribution in [0, 0.1) is 11.6 Å². The van der Waals surface area contributed by atoms with Crippen LogP contribution in [0.15, 0.2) is 78.6 Å². The molecule has 210 valence electrons. The van der Waals surface area contributed by atoms with E-state index in [0.29, 0.717) is 17.7 Å². The highest BCUT2D eigenvalue weighted by Gasteiger charge is 2.29. The van der Waals surface area contributed by atoms with Crippen LogP contribution in [0.2, 0.25) is 0 Å². The van der Waals surface area contributed by atoms with Gasteiger partial charge >= 0.3 is 6.18 Å². The van der Waals surface area contributed by atoms with E-state index in [4.69, 9.17) is 19.0 Å². The molecule has 1 aromatic heterocycles. The van der Waals surface area contributed by atoms with Crippen LogP contribution >= 0.6 is 0 Å². The third kappa shape index (κ3) is 8.40. The Hall–Kier alpha value is -4.19. The van der Waals surface area contributed by atoms with E-state index in [0.717, 1.165) is 11.6 Å². The molecule has 2 aromatic rings. The quantitative estimate of drug-likeness (QED) is 0.455. The molecule has 3 heterocycles. The summed E-state index contributed by atoms with van der Waals surface area (Å²) in [6.07, 6.45) is 3.92. The normalized spacial score (nSPS) is 16.5. The van der Waals surface area contributed by atoms with E-state index >= 15 is 0 Å². The topological polar surface area (TPSA) is 86.9 Å². The van der Waals surface area contributed by atoms with Gasteiger partial charge in [-0.15, -0.1) is 0 Å². The van der Waals surface area contributed by atoms with E-state index in [-0.39, 0.29) is 35.7 Å². The van der Waals surface area contributed by atoms with E-state index < -0.39 is 24.4 Å². The number of aromatic nitrogens is 1. The second-order valence-electron chi connectivity index (χ2n) is 7.94. The van der Waals surface area contributed by atoms with Gasteiger partial charge in [-0.25, -0.2) is 13.8 Å². The number of carbonyl (C=O) groups is 1. The molecule has 0 amide bonds. The maximum Gasteiger partial charge on any atom is 0.422 e. The standard InChI is InChI=1S/C25H21F5N2O3.CH5N.CH2O/c1-15(19-7-9-33-23-20(19)10-17(26)11-21(23)27)12-32-13-18(6-5-16(32)2)35-24-22(4-3-8-31-24)34-14-25(28,29)30;2*1-2/h3-6,8,10-13,19H,2,7,9,14H2,1H3;2H2,1H3;1H2/b15-12+;;. The average Bonchev–Trinajstić information content (AvgIpc) is 2.91. The van der Waals surface area contributed by atoms with Crippen LogP contribution in [-0.2, 0) is 4.79 Å². The second-order valence-corrected chi connectivity index (χ2v) is 7.94. The Morgan fingerprint density at radius 1 is 1.26 bits per heavy atom. The van der Waals surface area contributed by atoms with Crippen molar-refractivity contribution in [1.29, 1.82) is 0 Å². The molecule has 1 aromatic carbocycles. The van der Waals surface area contributed by atoms with Crippen LogP contribution in [0.5, 0.6) is 17.4 Å². The molecule has 0 saturated heterocycles. The fourth-order valence-corrected chi connectivity index (χ4v) is 3.75. The van der Waals surface area contributed by atoms with Crippen LogP contribution in [-0.4, -0.2) is 43.1 Å². The SMILES string of the molecule is C=C1C=CC(Oc2ncccc2OCC(F)(F)F)=CN1/C=C(\C)C1CCOc2c(F)cc(F)cc21.C=O.CN. The fourth-order valence-electron chi connectivity index (χ4n) is 3.75. The number of alkyl halides is 3. The first-order chi connectivity index (χ1) is 18.6. The summed E-state index contributed by atoms with van der Waals surface area (Å²) in [5.74, 6) is -1.73. The molecule has 7 nitrogen and oxygen atoms in total. The third-order valence-electron chi connectivity index (χ3n) is 5.34. The van der Waals surface area contributed by atoms with Crippen LogP contribution in [0.3, 0.4) is 0 Å². The molecule has 0 saturated carbocycles. The van der Waals surface area contributed by atoms with E-state index in [9.17, 15) is 22.0 Å². The number of allylic oxidation sites excluding steroid dienone is 3. The van der Waals surface area contributed by atoms with Gasteiger partial charge in [-0.2, -0.15) is 13.2 Å². The highest BCUT2D eigenvalue weighted by Crippen LogP contribution is 2.40. The summed E-state index contributed by atoms with van der Waals surface area (Å²) in [5.41, 5.74) is 6.28. The summed E-state index contributed by atoms with van der Waals surface area (Å²) in [4.78, 5) is 13.6. The first-order valence-corrected chi connectivity index (χ1v) is 11.5. The molecular formula is C27H28F5N3O4. The summed E-state index contributed by atoms with van der Waals surface area (Å²) in [6.45, 7) is 6.58. The van der Waals surface area contributed by atoms with Gasteiger partial charge < -0.3 is 29.6 Å². The van der Waals surface area contributed by atoms with E-state index in [1.807, 2.05) is 13.7 Å². The zero-order valence-corrected chi connectivity index (χ0v) is 21.3. The predicted octanol–water partition coefficient (Wildman–Crippen LogP) is 5.77. The van der Waals surface area contributed by atoms with Crippen molar-refractivity contribution in [3.63, 3.8) is 0 Å². The first kappa shape index (κ1) is 31.0. The average molecular weight is 554 g/mol. The lowest BCUT2D eigenvalue weighted by Crippen LogP contribution is -2.20. The Morgan fingerprint density at radius 2 is 1.97 bits per heavy atom. The van der Waals surface area contributed by atoms with Gasteiger partial charge in [-0.3, -0.25) is 0 Å². The summed E-state index contributed by atoms with van der Waals surface area (Å²) >= 11 is 0. The van der Waals surface area contributed by atoms with E-state index in [2.05, 4.69) is 17.3 Å². The Morgan fingerprint density at radius 3 is 2.67 bits per heavy atom. The Balaban J connectivity index is 0.00000127. The number of ether oxygens (including phenoxy) is 3. The number of nitrogens with two attached hydrogens (primary N) is 1. The van der Waals surface area contributed by atoms with Crippen molar-refractivity contribution in [1.82, 2.24) is 9.88 Å². The van der Waals surface area contributed by atoms with Crippen molar-refractivity contribution in [3.8, 4) is 17.4 Å². The Labute approximate surface area is 222 Å². The van der Waals surface area contributed by atoms with Crippen LogP contribution in [0.4, 0.5) is 22.0 Å². The summed E-state index contributed by atoms with van der Waals surface area (Å²) < 4.78 is 81.6. The smallest absolute Gasteiger partial charge is 0.422 e. The minimum atomic E-state index is -4.51. The minimum Gasteiger partial charge on any atom is -0.490 e. The Bertz CT molecular complexity index is 1240. The number of carbonyl (C=O) groups excluding carboxylic acids is 1. The molecule has 2 aliphatic heterocycles. The number of pyridine rings is 1. The molecular weight excluding hydrogens is 525 g/mol. The number of halogens is 5. The molecule has 0 radical (unpaired) electrons. The first-order valence-electron chi connectivity index (χ1n) is 11.5. The van der Waals surface area contributed by atoms with Gasteiger partial charge in [0.1, 0.15) is 18.4 Å². The summed E-state index contributed by atoms with van der Waals surface area (Å²) in [5, 5.41) is 0. The number of hydrogen-bond donors (Lipinski definition) is 1. The number of nitrogens with zero attached hydrogens (tertiary/aromatic N) is 2. The number of hydrogen-bond acceptors (Lipinski definition) is 7. The van der Waals surface area contributed by atoms with Gasteiger partial charge in [-0.05, 0) is 56.3 Å². The highest BCUT2D eigenvalue weighted by molar-refractivity contribution is 5.44. The van der Waals surface area contributed by atoms with Gasteiger partial charge in [0.05, 0.1) is 12.8 Å². The van der Waals surface area contributed by atoms with Crippen molar-refractivity contribution in [2.45, 2.75) is 25.4 Å². The van der Waals surface area contributed by atoms with E-state index in [1.54, 1.807) is 29.5 Å². The lowest BCUT2D eigenvalue weighted by atomic mass is 9.87. The number of fused-ring (bicyclic) bond motifs is 1. The number of rotatable bonds is 6. The van der Waals surface area contributed by atoms with Crippen LogP contribution in [0.1, 0.15) is 24.8 Å². The summed E-state index contributed by atoms with van der Waals surface area (Å²) in [6, 6.07) is 4.80. The van der Waals surface area contributed by atoms with Crippen molar-refractivity contribution in [2.75, 3.05) is 20.3 Å². The van der Waals surface area contributed by atoms with E-state index in [1.165, 1.54) is 31.4 Å². The highest BCUT2D eigenvalue weighted by atomic mass is 19.4. The van der Waals surface area contributed by atoms with Crippen molar-refractivity contribution < 1.29 is 41.0 Å². The summed E-state index contributed by atoms with van der Waals surface area (Å²) in [7, 11) is 1.50. The van der Waals surface area contributed by atoms with Gasteiger partial charge in [0, 0.05) is 35.6 Å². The van der Waals surface area contributed by atoms with Gasteiger partial charge in [0.2, 0.25) is 0 Å². The van der Waals surface area contributed by atoms with Gasteiger partial charge in [0.25, 0.3) is 5.88 Å². The lowest BCUT2D eigenvalue weighted by Gasteiger charge is -2.29. The molecule has 0 aliphatic carbocycles. The van der Waals surface area contributed by atoms with Gasteiger partial charge in [-0.1, -0.05) is 6.58 Å². The molecule has 1 unspecified atom stereocenters. The minimum absolute atomic E-state index is 0.0360. The molecule has 12 heteroatoms. The monoisotopic (exact) mass is 553 g/mol. The maximum absolute atomic E-state index is 14.2. The second kappa shape index (κ2) is 14.1. The molecule has 2 N–H and O–H groups in total. The molecule has 39 heavy (non-hydrogen) atoms. The third-order valence-corrected chi connectivity index (χ3v) is 5.34. The lowest BCUT2D eigenvalue weighted by molar-refractivity contribution is -0.153. The largest absolute Gasteiger partial charge is 0.490 e. The van der Waals surface area contributed by atoms with Crippen LogP contribution < -0.4 is 19.9 Å². The maximum atomic E-state index is 14.2. The van der Waals surface area contributed by atoms with Crippen LogP contribution in [0.25, 0.3) is 0 Å². The molecule has 4 rings (SSSR count). The fraction of sp³-hybridized carbons (Fsp3) is 0.259. The molecule has 0 bridgehead atoms. The molecule has 2 aliphatic rings. The van der Waals surface area contributed by atoms with Crippen molar-refractivity contribution in [3.05, 3.63) is 95.8 Å². The molecule has 0 fully saturated rings. The van der Waals surface area contributed by atoms with Crippen molar-refractivity contribution in [2.24, 2.45) is 5.73 Å².